The summed E-state index contributed by atoms with van der Waals surface area (Å²) in [5, 5.41) is 24.2. The van der Waals surface area contributed by atoms with Crippen LogP contribution in [0.2, 0.25) is 5.02 Å². The van der Waals surface area contributed by atoms with Gasteiger partial charge in [-0.1, -0.05) is 17.7 Å². The van der Waals surface area contributed by atoms with Crippen molar-refractivity contribution < 1.29 is 15.0 Å². The van der Waals surface area contributed by atoms with E-state index >= 15 is 0 Å². The van der Waals surface area contributed by atoms with Crippen LogP contribution in [0.25, 0.3) is 0 Å². The summed E-state index contributed by atoms with van der Waals surface area (Å²) in [5.41, 5.74) is 0.896. The molecule has 0 bridgehead atoms. The van der Waals surface area contributed by atoms with E-state index in [4.69, 9.17) is 11.6 Å². The van der Waals surface area contributed by atoms with Gasteiger partial charge >= 0.3 is 6.09 Å². The molecular formula is C15H18ClN3O3S. The number of aromatic hydroxyl groups is 1. The molecule has 23 heavy (non-hydrogen) atoms. The standard InChI is InChI=1S/C15H18ClN3O3S/c1-15(2,3)19(14(21)22)7-9-4-5-10(16)11(6-9)17-13-18-12(20)8-23-13/h4-6,8,20H,7H2,1-3H3,(H,17,18)(H,21,22). The second kappa shape index (κ2) is 6.64. The Bertz CT molecular complexity index is 712. The SMILES string of the molecule is CC(C)(C)N(Cc1ccc(Cl)c(Nc2nc(O)cs2)c1)C(=O)O. The van der Waals surface area contributed by atoms with Crippen LogP contribution in [0.1, 0.15) is 26.3 Å². The van der Waals surface area contributed by atoms with Gasteiger partial charge in [0, 0.05) is 12.1 Å². The molecule has 1 amide bonds. The first-order chi connectivity index (χ1) is 10.7. The number of aromatic nitrogens is 1. The molecule has 0 radical (unpaired) electrons. The molecule has 1 aromatic heterocycles. The van der Waals surface area contributed by atoms with E-state index in [0.29, 0.717) is 15.8 Å². The summed E-state index contributed by atoms with van der Waals surface area (Å²) in [4.78, 5) is 16.7. The molecule has 0 saturated carbocycles. The van der Waals surface area contributed by atoms with E-state index in [0.717, 1.165) is 5.56 Å². The van der Waals surface area contributed by atoms with Gasteiger partial charge in [-0.2, -0.15) is 4.98 Å². The fraction of sp³-hybridized carbons (Fsp3) is 0.333. The summed E-state index contributed by atoms with van der Waals surface area (Å²) in [6, 6.07) is 5.27. The molecule has 6 nitrogen and oxygen atoms in total. The third kappa shape index (κ3) is 4.49. The largest absolute Gasteiger partial charge is 0.493 e. The second-order valence-corrected chi connectivity index (χ2v) is 7.25. The van der Waals surface area contributed by atoms with Gasteiger partial charge in [0.25, 0.3) is 0 Å². The van der Waals surface area contributed by atoms with Gasteiger partial charge in [-0.3, -0.25) is 4.90 Å². The number of anilines is 2. The molecule has 8 heteroatoms. The van der Waals surface area contributed by atoms with Crippen LogP contribution in [0, 0.1) is 0 Å². The number of amides is 1. The number of rotatable bonds is 4. The highest BCUT2D eigenvalue weighted by molar-refractivity contribution is 7.14. The molecule has 2 rings (SSSR count). The van der Waals surface area contributed by atoms with Gasteiger partial charge in [-0.25, -0.2) is 4.79 Å². The summed E-state index contributed by atoms with van der Waals surface area (Å²) in [6.07, 6.45) is -0.980. The quantitative estimate of drug-likeness (QED) is 0.750. The number of carboxylic acid groups (broad SMARTS) is 1. The van der Waals surface area contributed by atoms with Crippen molar-refractivity contribution in [2.24, 2.45) is 0 Å². The van der Waals surface area contributed by atoms with Gasteiger partial charge < -0.3 is 15.5 Å². The van der Waals surface area contributed by atoms with Crippen molar-refractivity contribution in [1.82, 2.24) is 9.88 Å². The van der Waals surface area contributed by atoms with Gasteiger partial charge in [0.05, 0.1) is 16.1 Å². The maximum absolute atomic E-state index is 11.4. The van der Waals surface area contributed by atoms with Crippen LogP contribution in [-0.4, -0.2) is 31.7 Å². The molecule has 0 aliphatic rings. The topological polar surface area (TPSA) is 85.7 Å². The van der Waals surface area contributed by atoms with Gasteiger partial charge in [-0.05, 0) is 38.5 Å². The maximum Gasteiger partial charge on any atom is 0.408 e. The predicted octanol–water partition coefficient (Wildman–Crippen LogP) is 4.52. The Kier molecular flexibility index (Phi) is 5.01. The van der Waals surface area contributed by atoms with Crippen molar-refractivity contribution in [3.05, 3.63) is 34.2 Å². The number of hydrogen-bond acceptors (Lipinski definition) is 5. The first-order valence-electron chi connectivity index (χ1n) is 6.87. The number of halogens is 1. The number of nitrogens with one attached hydrogen (secondary N) is 1. The normalized spacial score (nSPS) is 11.3. The minimum Gasteiger partial charge on any atom is -0.493 e. The van der Waals surface area contributed by atoms with Gasteiger partial charge in [0.1, 0.15) is 0 Å². The summed E-state index contributed by atoms with van der Waals surface area (Å²) in [6.45, 7) is 5.77. The molecule has 1 aromatic carbocycles. The molecule has 0 saturated heterocycles. The predicted molar refractivity (Wildman–Crippen MR) is 91.8 cm³/mol. The van der Waals surface area contributed by atoms with Crippen molar-refractivity contribution in [1.29, 1.82) is 0 Å². The lowest BCUT2D eigenvalue weighted by molar-refractivity contribution is 0.0956. The molecule has 0 aliphatic carbocycles. The van der Waals surface area contributed by atoms with Gasteiger partial charge in [-0.15, -0.1) is 11.3 Å². The van der Waals surface area contributed by atoms with Crippen molar-refractivity contribution >= 4 is 39.8 Å². The monoisotopic (exact) mass is 355 g/mol. The smallest absolute Gasteiger partial charge is 0.408 e. The fourth-order valence-corrected chi connectivity index (χ4v) is 2.73. The summed E-state index contributed by atoms with van der Waals surface area (Å²) in [7, 11) is 0. The molecule has 2 aromatic rings. The van der Waals surface area contributed by atoms with E-state index in [9.17, 15) is 15.0 Å². The highest BCUT2D eigenvalue weighted by atomic mass is 35.5. The Morgan fingerprint density at radius 2 is 2.13 bits per heavy atom. The number of nitrogens with zero attached hydrogens (tertiary/aromatic N) is 2. The lowest BCUT2D eigenvalue weighted by atomic mass is 10.1. The average Bonchev–Trinajstić information content (AvgIpc) is 2.83. The van der Waals surface area contributed by atoms with E-state index in [1.807, 2.05) is 20.8 Å². The number of hydrogen-bond donors (Lipinski definition) is 3. The summed E-state index contributed by atoms with van der Waals surface area (Å²) < 4.78 is 0. The lowest BCUT2D eigenvalue weighted by Gasteiger charge is -2.33. The van der Waals surface area contributed by atoms with Crippen molar-refractivity contribution in [2.75, 3.05) is 5.32 Å². The van der Waals surface area contributed by atoms with E-state index < -0.39 is 11.6 Å². The first kappa shape index (κ1) is 17.4. The highest BCUT2D eigenvalue weighted by Gasteiger charge is 2.26. The molecule has 3 N–H and O–H groups in total. The Labute approximate surface area is 143 Å². The van der Waals surface area contributed by atoms with Crippen LogP contribution in [0.4, 0.5) is 15.6 Å². The van der Waals surface area contributed by atoms with E-state index in [2.05, 4.69) is 10.3 Å². The summed E-state index contributed by atoms with van der Waals surface area (Å²) in [5.74, 6) is -0.0606. The Morgan fingerprint density at radius 1 is 1.43 bits per heavy atom. The van der Waals surface area contributed by atoms with Crippen molar-refractivity contribution in [3.8, 4) is 5.88 Å². The maximum atomic E-state index is 11.4. The van der Waals surface area contributed by atoms with Crippen molar-refractivity contribution in [2.45, 2.75) is 32.9 Å². The zero-order chi connectivity index (χ0) is 17.2. The fourth-order valence-electron chi connectivity index (χ4n) is 1.98. The lowest BCUT2D eigenvalue weighted by Crippen LogP contribution is -2.44. The minimum atomic E-state index is -0.980. The van der Waals surface area contributed by atoms with E-state index in [1.165, 1.54) is 21.6 Å². The molecule has 0 spiro atoms. The number of thiazole rings is 1. The average molecular weight is 356 g/mol. The van der Waals surface area contributed by atoms with E-state index in [1.54, 1.807) is 18.2 Å². The van der Waals surface area contributed by atoms with Crippen LogP contribution in [0.5, 0.6) is 5.88 Å². The van der Waals surface area contributed by atoms with Crippen LogP contribution in [0.15, 0.2) is 23.6 Å². The van der Waals surface area contributed by atoms with Crippen molar-refractivity contribution in [3.63, 3.8) is 0 Å². The third-order valence-corrected chi connectivity index (χ3v) is 4.22. The molecular weight excluding hydrogens is 338 g/mol. The van der Waals surface area contributed by atoms with Crippen LogP contribution in [-0.2, 0) is 6.54 Å². The zero-order valence-corrected chi connectivity index (χ0v) is 14.6. The Hall–Kier alpha value is -1.99. The van der Waals surface area contributed by atoms with Crippen LogP contribution < -0.4 is 5.32 Å². The minimum absolute atomic E-state index is 0.0606. The van der Waals surface area contributed by atoms with E-state index in [-0.39, 0.29) is 12.4 Å². The van der Waals surface area contributed by atoms with Crippen LogP contribution >= 0.6 is 22.9 Å². The summed E-state index contributed by atoms with van der Waals surface area (Å²) >= 11 is 7.41. The molecule has 0 atom stereocenters. The first-order valence-corrected chi connectivity index (χ1v) is 8.13. The molecule has 124 valence electrons. The Balaban J connectivity index is 2.24. The van der Waals surface area contributed by atoms with Gasteiger partial charge in [0.2, 0.25) is 5.88 Å². The molecule has 0 fully saturated rings. The van der Waals surface area contributed by atoms with Crippen LogP contribution in [0.3, 0.4) is 0 Å². The second-order valence-electron chi connectivity index (χ2n) is 5.99. The molecule has 0 aliphatic heterocycles. The number of benzene rings is 1. The molecule has 0 unspecified atom stereocenters. The van der Waals surface area contributed by atoms with Gasteiger partial charge in [0.15, 0.2) is 5.13 Å². The highest BCUT2D eigenvalue weighted by Crippen LogP contribution is 2.30. The zero-order valence-electron chi connectivity index (χ0n) is 13.0. The number of carbonyl (C=O) groups is 1. The molecule has 1 heterocycles. The third-order valence-electron chi connectivity index (χ3n) is 3.15. The Morgan fingerprint density at radius 3 is 2.65 bits per heavy atom.